The Hall–Kier alpha value is -9.34. The van der Waals surface area contributed by atoms with E-state index in [0.717, 1.165) is 126 Å². The van der Waals surface area contributed by atoms with Crippen molar-refractivity contribution in [3.63, 3.8) is 0 Å². The van der Waals surface area contributed by atoms with Gasteiger partial charge in [-0.25, -0.2) is 9.59 Å². The Kier molecular flexibility index (Phi) is 20.8. The summed E-state index contributed by atoms with van der Waals surface area (Å²) >= 11 is 0. The first-order valence-corrected chi connectivity index (χ1v) is 32.9. The fourth-order valence-corrected chi connectivity index (χ4v) is 13.2. The predicted molar refractivity (Wildman–Crippen MR) is 373 cm³/mol. The number of epoxide rings is 2. The van der Waals surface area contributed by atoms with Crippen LogP contribution in [0.5, 0.6) is 51.7 Å². The number of fused-ring (bicyclic) bond motifs is 4. The van der Waals surface area contributed by atoms with Crippen LogP contribution in [0.15, 0.2) is 135 Å². The van der Waals surface area contributed by atoms with Gasteiger partial charge in [0.1, 0.15) is 97.0 Å². The number of carbonyl (C=O) groups is 2. The van der Waals surface area contributed by atoms with Crippen molar-refractivity contribution >= 4 is 11.9 Å². The number of methoxy groups -OCH3 is 1. The molecule has 0 bridgehead atoms. The number of hydrogen-bond acceptors (Lipinski definition) is 14. The molecule has 0 N–H and O–H groups in total. The molecule has 500 valence electrons. The van der Waals surface area contributed by atoms with E-state index in [0.29, 0.717) is 37.1 Å². The molecule has 96 heavy (non-hydrogen) atoms. The van der Waals surface area contributed by atoms with Gasteiger partial charge in [0.05, 0.1) is 19.8 Å². The third-order valence-electron chi connectivity index (χ3n) is 19.4. The van der Waals surface area contributed by atoms with E-state index in [9.17, 15) is 9.59 Å². The van der Waals surface area contributed by atoms with Crippen molar-refractivity contribution in [2.45, 2.75) is 126 Å². The lowest BCUT2D eigenvalue weighted by atomic mass is 9.75. The minimum Gasteiger partial charge on any atom is -0.490 e. The lowest BCUT2D eigenvalue weighted by Gasteiger charge is -2.36. The fraction of sp³-hybridized carbons (Fsp3) is 0.341. The van der Waals surface area contributed by atoms with E-state index in [4.69, 9.17) is 56.8 Å². The van der Waals surface area contributed by atoms with Crippen LogP contribution in [-0.2, 0) is 33.3 Å². The van der Waals surface area contributed by atoms with Gasteiger partial charge in [-0.2, -0.15) is 0 Å². The quantitative estimate of drug-likeness (QED) is 0.0320. The molecule has 6 atom stereocenters. The highest BCUT2D eigenvalue weighted by molar-refractivity contribution is 5.82. The molecule has 12 rings (SSSR count). The predicted octanol–water partition coefficient (Wildman–Crippen LogP) is 16.9. The smallest absolute Gasteiger partial charge is 0.330 e. The molecule has 8 aromatic rings. The minimum absolute atomic E-state index is 0.0287. The molecule has 8 aromatic carbocycles. The number of benzene rings is 8. The van der Waals surface area contributed by atoms with Crippen molar-refractivity contribution in [2.24, 2.45) is 0 Å². The van der Waals surface area contributed by atoms with Crippen LogP contribution >= 0.6 is 0 Å². The highest BCUT2D eigenvalue weighted by Crippen LogP contribution is 2.58. The summed E-state index contributed by atoms with van der Waals surface area (Å²) in [5.74, 6) is 6.22. The van der Waals surface area contributed by atoms with Gasteiger partial charge in [-0.05, 0) is 209 Å². The van der Waals surface area contributed by atoms with E-state index in [1.165, 1.54) is 51.6 Å². The van der Waals surface area contributed by atoms with Crippen molar-refractivity contribution in [2.75, 3.05) is 60.0 Å². The van der Waals surface area contributed by atoms with Gasteiger partial charge in [0.2, 0.25) is 0 Å². The molecule has 2 fully saturated rings. The van der Waals surface area contributed by atoms with E-state index >= 15 is 0 Å². The van der Waals surface area contributed by atoms with E-state index in [2.05, 4.69) is 151 Å². The van der Waals surface area contributed by atoms with Crippen LogP contribution in [0.25, 0.3) is 11.1 Å². The van der Waals surface area contributed by atoms with Gasteiger partial charge in [-0.1, -0.05) is 98.1 Å². The molecule has 4 aliphatic rings. The zero-order valence-corrected chi connectivity index (χ0v) is 57.8. The molecule has 2 saturated heterocycles. The van der Waals surface area contributed by atoms with Crippen LogP contribution in [0, 0.1) is 90.0 Å². The van der Waals surface area contributed by atoms with Crippen LogP contribution < -0.4 is 33.2 Å². The summed E-state index contributed by atoms with van der Waals surface area (Å²) in [5.41, 5.74) is 23.5. The molecule has 14 heteroatoms. The Morgan fingerprint density at radius 3 is 1.08 bits per heavy atom. The zero-order chi connectivity index (χ0) is 68.2. The third kappa shape index (κ3) is 14.1. The van der Waals surface area contributed by atoms with Crippen molar-refractivity contribution in [3.05, 3.63) is 240 Å². The Bertz CT molecular complexity index is 4220. The lowest BCUT2D eigenvalue weighted by Crippen LogP contribution is -2.31. The van der Waals surface area contributed by atoms with Crippen LogP contribution in [0.1, 0.15) is 118 Å². The molecule has 0 aromatic heterocycles. The molecule has 6 unspecified atom stereocenters. The average molecular weight is 1300 g/mol. The van der Waals surface area contributed by atoms with Gasteiger partial charge in [-0.3, -0.25) is 0 Å². The molecule has 0 spiro atoms. The molecule has 0 radical (unpaired) electrons. The largest absolute Gasteiger partial charge is 0.490 e. The van der Waals surface area contributed by atoms with Gasteiger partial charge in [0.15, 0.2) is 12.2 Å². The maximum absolute atomic E-state index is 12.6. The summed E-state index contributed by atoms with van der Waals surface area (Å²) in [6.45, 7) is 37.8. The Labute approximate surface area is 565 Å². The normalized spacial score (nSPS) is 16.6. The number of hydrogen-bond donors (Lipinski definition) is 0. The van der Waals surface area contributed by atoms with Crippen molar-refractivity contribution in [1.29, 1.82) is 0 Å². The Balaban J connectivity index is 0.000000243. The maximum Gasteiger partial charge on any atom is 0.330 e. The number of rotatable bonds is 24. The summed E-state index contributed by atoms with van der Waals surface area (Å²) in [4.78, 5) is 24.3. The van der Waals surface area contributed by atoms with Crippen LogP contribution in [-0.4, -0.2) is 96.3 Å². The standard InChI is InChI=1S/C53H56O11.C29H32O3/c1-10-45(54)62-43(25-56-9)28-57-40-21-17-37(18-22-40)38-19-23-41(24-20-38)58-29-44(63-46(55)11-2)30-61-51-32(4)34(6)53-48(36(51)8)49(39-15-13-12-14-16-39)47-35(7)50(60-27-42-26-59-42)31(3)33(5)52(47)64-53;1-15-16(2)18(4)28-24(17(15)3)26(22-11-9-8-10-12-22)25-21(7)27(31-14-23-13-30-23)19(5)20(6)29(25)32-28/h10-24,42-44,49H,1-2,25-30H2,3-9H3;8-12,23,26H,13-14H2,1-7H3. The monoisotopic (exact) mass is 1300 g/mol. The second-order valence-corrected chi connectivity index (χ2v) is 25.5. The summed E-state index contributed by atoms with van der Waals surface area (Å²) in [7, 11) is 1.53. The van der Waals surface area contributed by atoms with Crippen molar-refractivity contribution in [1.82, 2.24) is 0 Å². The number of esters is 2. The molecule has 4 aliphatic heterocycles. The Morgan fingerprint density at radius 1 is 0.406 bits per heavy atom. The zero-order valence-electron chi connectivity index (χ0n) is 57.8. The first-order valence-electron chi connectivity index (χ1n) is 32.9. The molecular formula is C82H88O14. The SMILES string of the molecule is C=CC(=O)OC(COC)COc1ccc(-c2ccc(OCC(COc3c(C)c(C)c4c(c3C)C(c3ccccc3)c3c(C)c(OCC5CO5)c(C)c(C)c3O4)OC(=O)C=C)cc2)cc1.Cc1c(C)c(C)c2c(c1C)Oc1c(C)c(C)c(OCC3CO3)c(C)c1C2c1ccccc1. The van der Waals surface area contributed by atoms with E-state index in [1.807, 2.05) is 61.5 Å². The summed E-state index contributed by atoms with van der Waals surface area (Å²) in [6.07, 6.45) is 1.25. The number of ether oxygens (including phenoxy) is 12. The van der Waals surface area contributed by atoms with Gasteiger partial charge >= 0.3 is 11.9 Å². The molecule has 4 heterocycles. The molecular weight excluding hydrogens is 1210 g/mol. The maximum atomic E-state index is 12.6. The van der Waals surface area contributed by atoms with Crippen LogP contribution in [0.3, 0.4) is 0 Å². The fourth-order valence-electron chi connectivity index (χ4n) is 13.2. The lowest BCUT2D eigenvalue weighted by molar-refractivity contribution is -0.147. The molecule has 0 aliphatic carbocycles. The van der Waals surface area contributed by atoms with Crippen molar-refractivity contribution in [3.8, 4) is 62.9 Å². The van der Waals surface area contributed by atoms with Crippen molar-refractivity contribution < 1.29 is 66.4 Å². The second kappa shape index (κ2) is 29.3. The van der Waals surface area contributed by atoms with Gasteiger partial charge in [-0.15, -0.1) is 0 Å². The summed E-state index contributed by atoms with van der Waals surface area (Å²) in [6, 6.07) is 36.5. The van der Waals surface area contributed by atoms with Gasteiger partial charge in [0.25, 0.3) is 0 Å². The van der Waals surface area contributed by atoms with Crippen LogP contribution in [0.2, 0.25) is 0 Å². The Morgan fingerprint density at radius 2 is 0.729 bits per heavy atom. The third-order valence-corrected chi connectivity index (χ3v) is 19.4. The van der Waals surface area contributed by atoms with Gasteiger partial charge in [0, 0.05) is 53.4 Å². The number of carbonyl (C=O) groups excluding carboxylic acids is 2. The minimum atomic E-state index is -0.762. The highest BCUT2D eigenvalue weighted by atomic mass is 16.6. The van der Waals surface area contributed by atoms with E-state index < -0.39 is 24.1 Å². The highest BCUT2D eigenvalue weighted by Gasteiger charge is 2.40. The van der Waals surface area contributed by atoms with Crippen LogP contribution in [0.4, 0.5) is 0 Å². The molecule has 0 amide bonds. The first-order chi connectivity index (χ1) is 46.2. The van der Waals surface area contributed by atoms with Gasteiger partial charge < -0.3 is 56.8 Å². The topological polar surface area (TPSA) is 152 Å². The molecule has 14 nitrogen and oxygen atoms in total. The second-order valence-electron chi connectivity index (χ2n) is 25.5. The van der Waals surface area contributed by atoms with E-state index in [1.54, 1.807) is 0 Å². The average Bonchev–Trinajstić information content (AvgIpc) is 1.23. The molecule has 0 saturated carbocycles. The first kappa shape index (κ1) is 68.1. The summed E-state index contributed by atoms with van der Waals surface area (Å²) < 4.78 is 72.3. The summed E-state index contributed by atoms with van der Waals surface area (Å²) in [5, 5.41) is 0. The van der Waals surface area contributed by atoms with E-state index in [-0.39, 0.29) is 50.5 Å².